The van der Waals surface area contributed by atoms with E-state index >= 15 is 0 Å². The minimum Gasteiger partial charge on any atom is -0.412 e. The van der Waals surface area contributed by atoms with E-state index in [1.54, 1.807) is 24.3 Å². The lowest BCUT2D eigenvalue weighted by Gasteiger charge is -2.15. The minimum atomic E-state index is -4.06. The van der Waals surface area contributed by atoms with Crippen LogP contribution in [-0.2, 0) is 10.1 Å². The number of unbranched alkanes of at least 4 members (excludes halogenated alkanes) is 2. The normalized spacial score (nSPS) is 13.7. The van der Waals surface area contributed by atoms with Crippen molar-refractivity contribution >= 4 is 10.1 Å². The van der Waals surface area contributed by atoms with Crippen molar-refractivity contribution in [2.75, 3.05) is 0 Å². The van der Waals surface area contributed by atoms with E-state index in [4.69, 9.17) is 0 Å². The second-order valence-corrected chi connectivity index (χ2v) is 7.96. The highest BCUT2D eigenvalue weighted by Crippen LogP contribution is 2.28. The quantitative estimate of drug-likeness (QED) is 0.523. The van der Waals surface area contributed by atoms with Gasteiger partial charge < -0.3 is 5.48 Å². The van der Waals surface area contributed by atoms with Gasteiger partial charge >= 0.3 is 0 Å². The molecule has 2 aromatic carbocycles. The van der Waals surface area contributed by atoms with Crippen LogP contribution in [0.1, 0.15) is 61.3 Å². The minimum absolute atomic E-state index is 0. The highest BCUT2D eigenvalue weighted by molar-refractivity contribution is 7.86. The van der Waals surface area contributed by atoms with Crippen LogP contribution in [0.25, 0.3) is 0 Å². The SMILES string of the molecule is CC(CCCCCC(c1ccccc1)S(=O)(=O)O)c1ccccc1.O. The van der Waals surface area contributed by atoms with Crippen LogP contribution in [0.5, 0.6) is 0 Å². The number of benzene rings is 2. The molecule has 2 rings (SSSR count). The summed E-state index contributed by atoms with van der Waals surface area (Å²) < 4.78 is 32.8. The first-order valence-electron chi connectivity index (χ1n) is 8.54. The maximum absolute atomic E-state index is 11.6. The highest BCUT2D eigenvalue weighted by atomic mass is 32.2. The van der Waals surface area contributed by atoms with Gasteiger partial charge in [-0.1, -0.05) is 86.8 Å². The molecule has 0 radical (unpaired) electrons. The van der Waals surface area contributed by atoms with Crippen LogP contribution in [0.3, 0.4) is 0 Å². The summed E-state index contributed by atoms with van der Waals surface area (Å²) >= 11 is 0. The van der Waals surface area contributed by atoms with Crippen LogP contribution in [-0.4, -0.2) is 18.4 Å². The monoisotopic (exact) mass is 364 g/mol. The fourth-order valence-corrected chi connectivity index (χ4v) is 4.03. The van der Waals surface area contributed by atoms with Gasteiger partial charge in [0, 0.05) is 0 Å². The molecule has 0 aromatic heterocycles. The molecule has 4 nitrogen and oxygen atoms in total. The Bertz CT molecular complexity index is 699. The summed E-state index contributed by atoms with van der Waals surface area (Å²) in [6.07, 6.45) is 4.37. The fraction of sp³-hybridized carbons (Fsp3) is 0.400. The second-order valence-electron chi connectivity index (χ2n) is 6.36. The van der Waals surface area contributed by atoms with E-state index in [0.717, 1.165) is 25.7 Å². The maximum Gasteiger partial charge on any atom is 0.271 e. The van der Waals surface area contributed by atoms with Crippen LogP contribution in [0, 0.1) is 0 Å². The maximum atomic E-state index is 11.6. The third-order valence-corrected chi connectivity index (χ3v) is 5.73. The summed E-state index contributed by atoms with van der Waals surface area (Å²) in [5.74, 6) is 0.512. The molecule has 0 heterocycles. The van der Waals surface area contributed by atoms with E-state index in [-0.39, 0.29) is 5.48 Å². The van der Waals surface area contributed by atoms with Gasteiger partial charge in [0.05, 0.1) is 0 Å². The fourth-order valence-electron chi connectivity index (χ4n) is 3.06. The second kappa shape index (κ2) is 10.3. The molecule has 0 fully saturated rings. The van der Waals surface area contributed by atoms with Gasteiger partial charge in [0.25, 0.3) is 10.1 Å². The third kappa shape index (κ3) is 6.98. The van der Waals surface area contributed by atoms with Crippen molar-refractivity contribution in [1.82, 2.24) is 0 Å². The molecule has 0 aliphatic heterocycles. The van der Waals surface area contributed by atoms with E-state index in [9.17, 15) is 13.0 Å². The molecule has 3 N–H and O–H groups in total. The number of hydrogen-bond acceptors (Lipinski definition) is 2. The Labute approximate surface area is 151 Å². The molecule has 0 aliphatic carbocycles. The van der Waals surface area contributed by atoms with Crippen molar-refractivity contribution in [2.24, 2.45) is 0 Å². The summed E-state index contributed by atoms with van der Waals surface area (Å²) in [6, 6.07) is 19.4. The third-order valence-electron chi connectivity index (χ3n) is 4.50. The van der Waals surface area contributed by atoms with E-state index < -0.39 is 15.4 Å². The largest absolute Gasteiger partial charge is 0.412 e. The molecule has 0 bridgehead atoms. The van der Waals surface area contributed by atoms with Crippen LogP contribution in [0.2, 0.25) is 0 Å². The molecular weight excluding hydrogens is 336 g/mol. The van der Waals surface area contributed by atoms with Gasteiger partial charge in [0.1, 0.15) is 5.25 Å². The lowest BCUT2D eigenvalue weighted by atomic mass is 9.94. The van der Waals surface area contributed by atoms with E-state index in [0.29, 0.717) is 17.9 Å². The lowest BCUT2D eigenvalue weighted by Crippen LogP contribution is -2.12. The van der Waals surface area contributed by atoms with Gasteiger partial charge in [-0.2, -0.15) is 8.42 Å². The van der Waals surface area contributed by atoms with Crippen LogP contribution in [0.4, 0.5) is 0 Å². The van der Waals surface area contributed by atoms with Gasteiger partial charge in [0.2, 0.25) is 0 Å². The Kier molecular flexibility index (Phi) is 8.83. The van der Waals surface area contributed by atoms with Crippen molar-refractivity contribution in [3.63, 3.8) is 0 Å². The first-order chi connectivity index (χ1) is 11.5. The van der Waals surface area contributed by atoms with Crippen molar-refractivity contribution in [3.05, 3.63) is 71.8 Å². The first-order valence-corrected chi connectivity index (χ1v) is 10.0. The Hall–Kier alpha value is -1.69. The molecule has 25 heavy (non-hydrogen) atoms. The van der Waals surface area contributed by atoms with E-state index in [2.05, 4.69) is 31.2 Å². The molecule has 2 unspecified atom stereocenters. The molecule has 0 aliphatic rings. The zero-order chi connectivity index (χ0) is 17.4. The van der Waals surface area contributed by atoms with Crippen molar-refractivity contribution in [2.45, 2.75) is 50.2 Å². The molecule has 0 amide bonds. The van der Waals surface area contributed by atoms with Crippen molar-refractivity contribution in [1.29, 1.82) is 0 Å². The summed E-state index contributed by atoms with van der Waals surface area (Å²) in [4.78, 5) is 0. The van der Waals surface area contributed by atoms with Crippen molar-refractivity contribution in [3.8, 4) is 0 Å². The Morgan fingerprint density at radius 1 is 0.800 bits per heavy atom. The highest BCUT2D eigenvalue weighted by Gasteiger charge is 2.24. The molecule has 2 aromatic rings. The topological polar surface area (TPSA) is 85.9 Å². The standard InChI is InChI=1S/C20H26O3S.H2O/c1-17(18-12-6-3-7-13-18)11-5-2-10-16-20(24(21,22)23)19-14-8-4-9-15-19;/h3-4,6-9,12-15,17,20H,2,5,10-11,16H2,1H3,(H,21,22,23);1H2. The summed E-state index contributed by atoms with van der Waals surface area (Å²) in [7, 11) is -4.06. The Balaban J connectivity index is 0.00000312. The van der Waals surface area contributed by atoms with Crippen molar-refractivity contribution < 1.29 is 18.4 Å². The molecular formula is C20H28O4S. The lowest BCUT2D eigenvalue weighted by molar-refractivity contribution is 0.458. The zero-order valence-corrected chi connectivity index (χ0v) is 15.5. The number of hydrogen-bond donors (Lipinski definition) is 1. The first kappa shape index (κ1) is 21.4. The molecule has 138 valence electrons. The average Bonchev–Trinajstić information content (AvgIpc) is 2.58. The van der Waals surface area contributed by atoms with E-state index in [1.165, 1.54) is 5.56 Å². The van der Waals surface area contributed by atoms with Gasteiger partial charge in [0.15, 0.2) is 0 Å². The molecule has 0 spiro atoms. The predicted molar refractivity (Wildman–Crippen MR) is 102 cm³/mol. The van der Waals surface area contributed by atoms with Crippen LogP contribution >= 0.6 is 0 Å². The van der Waals surface area contributed by atoms with Gasteiger partial charge in [-0.3, -0.25) is 4.55 Å². The smallest absolute Gasteiger partial charge is 0.271 e. The van der Waals surface area contributed by atoms with Crippen LogP contribution in [0.15, 0.2) is 60.7 Å². The molecule has 5 heteroatoms. The Morgan fingerprint density at radius 3 is 1.80 bits per heavy atom. The average molecular weight is 365 g/mol. The molecule has 0 saturated heterocycles. The predicted octanol–water partition coefficient (Wildman–Crippen LogP) is 4.55. The number of rotatable bonds is 9. The summed E-state index contributed by atoms with van der Waals surface area (Å²) in [6.45, 7) is 2.22. The van der Waals surface area contributed by atoms with Crippen LogP contribution < -0.4 is 0 Å². The van der Waals surface area contributed by atoms with Gasteiger partial charge in [-0.15, -0.1) is 0 Å². The molecule has 0 saturated carbocycles. The Morgan fingerprint density at radius 2 is 1.28 bits per heavy atom. The summed E-state index contributed by atoms with van der Waals surface area (Å²) in [5.41, 5.74) is 2.01. The van der Waals surface area contributed by atoms with E-state index in [1.807, 2.05) is 12.1 Å². The summed E-state index contributed by atoms with van der Waals surface area (Å²) in [5, 5.41) is -0.815. The zero-order valence-electron chi connectivity index (χ0n) is 14.6. The van der Waals surface area contributed by atoms with Gasteiger partial charge in [-0.05, 0) is 29.9 Å². The van der Waals surface area contributed by atoms with Gasteiger partial charge in [-0.25, -0.2) is 0 Å². The molecule has 2 atom stereocenters.